The van der Waals surface area contributed by atoms with Crippen LogP contribution < -0.4 is 5.32 Å². The Balaban J connectivity index is 0.000000878. The van der Waals surface area contributed by atoms with E-state index in [0.29, 0.717) is 17.7 Å². The van der Waals surface area contributed by atoms with Gasteiger partial charge in [0.1, 0.15) is 5.82 Å². The third kappa shape index (κ3) is 5.77. The molecule has 0 spiro atoms. The molecule has 9 heteroatoms. The molecule has 28 heavy (non-hydrogen) atoms. The van der Waals surface area contributed by atoms with E-state index in [1.165, 1.54) is 25.4 Å². The van der Waals surface area contributed by atoms with Gasteiger partial charge in [-0.25, -0.2) is 9.78 Å². The molecular formula is C19H18N4O5. The molecule has 0 aliphatic heterocycles. The number of aromatic nitrogens is 3. The van der Waals surface area contributed by atoms with E-state index in [1.54, 1.807) is 23.0 Å². The number of nitrogens with one attached hydrogen (secondary N) is 1. The Labute approximate surface area is 160 Å². The summed E-state index contributed by atoms with van der Waals surface area (Å²) in [6.07, 6.45) is 5.00. The van der Waals surface area contributed by atoms with Gasteiger partial charge in [0, 0.05) is 24.2 Å². The maximum atomic E-state index is 12.4. The molecule has 0 aliphatic rings. The van der Waals surface area contributed by atoms with Crippen molar-refractivity contribution < 1.29 is 24.2 Å². The molecule has 3 rings (SSSR count). The van der Waals surface area contributed by atoms with Crippen LogP contribution in [0.3, 0.4) is 0 Å². The minimum atomic E-state index is -0.487. The van der Waals surface area contributed by atoms with E-state index in [2.05, 4.69) is 20.1 Å². The zero-order valence-electron chi connectivity index (χ0n) is 15.0. The lowest BCUT2D eigenvalue weighted by molar-refractivity contribution is -0.122. The van der Waals surface area contributed by atoms with E-state index in [-0.39, 0.29) is 18.2 Å². The van der Waals surface area contributed by atoms with Crippen LogP contribution in [0.15, 0.2) is 61.1 Å². The van der Waals surface area contributed by atoms with E-state index in [9.17, 15) is 9.59 Å². The molecule has 2 N–H and O–H groups in total. The molecule has 1 amide bonds. The van der Waals surface area contributed by atoms with Gasteiger partial charge in [0.15, 0.2) is 0 Å². The summed E-state index contributed by atoms with van der Waals surface area (Å²) in [5.74, 6) is -0.513. The van der Waals surface area contributed by atoms with Crippen LogP contribution >= 0.6 is 0 Å². The molecule has 0 fully saturated rings. The van der Waals surface area contributed by atoms with E-state index >= 15 is 0 Å². The molecular weight excluding hydrogens is 364 g/mol. The lowest BCUT2D eigenvalue weighted by Gasteiger charge is -2.08. The van der Waals surface area contributed by atoms with Crippen molar-refractivity contribution in [1.82, 2.24) is 14.8 Å². The normalized spacial score (nSPS) is 9.61. The number of hydrogen-bond acceptors (Lipinski definition) is 6. The number of ether oxygens (including phenoxy) is 1. The number of carboxylic acid groups (broad SMARTS) is 1. The molecule has 0 atom stereocenters. The number of carbonyl (C=O) groups excluding carboxylic acids is 2. The van der Waals surface area contributed by atoms with Gasteiger partial charge in [-0.1, -0.05) is 12.1 Å². The predicted octanol–water partition coefficient (Wildman–Crippen LogP) is 2.07. The van der Waals surface area contributed by atoms with Crippen molar-refractivity contribution in [1.29, 1.82) is 0 Å². The number of benzene rings is 1. The standard InChI is InChI=1S/C18H16N4O3.CH2O2/c1-25-18(24)15-6-8-19-16(11-15)21-17(23)14-5-2-4-13(10-14)12-22-9-3-7-20-22;2-1-3/h2-11H,12H2,1H3,(H,19,21,23);1H,(H,2,3). The van der Waals surface area contributed by atoms with E-state index in [4.69, 9.17) is 9.90 Å². The second-order valence-electron chi connectivity index (χ2n) is 5.38. The first-order valence-electron chi connectivity index (χ1n) is 8.07. The third-order valence-corrected chi connectivity index (χ3v) is 3.52. The molecule has 3 aromatic rings. The van der Waals surface area contributed by atoms with Crippen molar-refractivity contribution >= 4 is 24.2 Å². The SMILES string of the molecule is COC(=O)c1ccnc(NC(=O)c2cccc(Cn3cccn3)c2)c1.O=CO. The fourth-order valence-corrected chi connectivity index (χ4v) is 2.32. The number of pyridine rings is 1. The average Bonchev–Trinajstić information content (AvgIpc) is 3.21. The first-order valence-corrected chi connectivity index (χ1v) is 8.07. The van der Waals surface area contributed by atoms with Gasteiger partial charge < -0.3 is 15.2 Å². The maximum Gasteiger partial charge on any atom is 0.338 e. The summed E-state index contributed by atoms with van der Waals surface area (Å²) in [6, 6.07) is 12.1. The number of hydrogen-bond donors (Lipinski definition) is 2. The van der Waals surface area contributed by atoms with Crippen LogP contribution in [0.5, 0.6) is 0 Å². The van der Waals surface area contributed by atoms with Crippen LogP contribution in [0.4, 0.5) is 5.82 Å². The van der Waals surface area contributed by atoms with E-state index in [0.717, 1.165) is 5.56 Å². The summed E-state index contributed by atoms with van der Waals surface area (Å²) in [6.45, 7) is 0.324. The van der Waals surface area contributed by atoms with Crippen molar-refractivity contribution in [2.75, 3.05) is 12.4 Å². The van der Waals surface area contributed by atoms with Crippen LogP contribution in [-0.4, -0.2) is 45.3 Å². The van der Waals surface area contributed by atoms with E-state index < -0.39 is 5.97 Å². The Hall–Kier alpha value is -4.01. The number of methoxy groups -OCH3 is 1. The number of nitrogens with zero attached hydrogens (tertiary/aromatic N) is 3. The highest BCUT2D eigenvalue weighted by Crippen LogP contribution is 2.12. The highest BCUT2D eigenvalue weighted by molar-refractivity contribution is 6.04. The molecule has 1 aromatic carbocycles. The van der Waals surface area contributed by atoms with E-state index in [1.807, 2.05) is 24.4 Å². The zero-order valence-corrected chi connectivity index (χ0v) is 15.0. The largest absolute Gasteiger partial charge is 0.483 e. The van der Waals surface area contributed by atoms with Gasteiger partial charge in [-0.2, -0.15) is 5.10 Å². The molecule has 0 unspecified atom stereocenters. The number of carbonyl (C=O) groups is 3. The van der Waals surface area contributed by atoms with Crippen LogP contribution in [0.25, 0.3) is 0 Å². The minimum Gasteiger partial charge on any atom is -0.483 e. The van der Waals surface area contributed by atoms with Gasteiger partial charge in [0.2, 0.25) is 0 Å². The molecule has 0 aliphatic carbocycles. The summed E-state index contributed by atoms with van der Waals surface area (Å²) >= 11 is 0. The lowest BCUT2D eigenvalue weighted by Crippen LogP contribution is -2.14. The topological polar surface area (TPSA) is 123 Å². The summed E-state index contributed by atoms with van der Waals surface area (Å²) in [5.41, 5.74) is 1.77. The third-order valence-electron chi connectivity index (χ3n) is 3.52. The monoisotopic (exact) mass is 382 g/mol. The molecule has 2 heterocycles. The number of amides is 1. The fraction of sp³-hybridized carbons (Fsp3) is 0.105. The molecule has 0 saturated heterocycles. The smallest absolute Gasteiger partial charge is 0.338 e. The van der Waals surface area contributed by atoms with Crippen LogP contribution in [0.2, 0.25) is 0 Å². The number of rotatable bonds is 5. The predicted molar refractivity (Wildman–Crippen MR) is 100.0 cm³/mol. The minimum absolute atomic E-state index is 0.250. The Morgan fingerprint density at radius 3 is 2.64 bits per heavy atom. The Morgan fingerprint density at radius 1 is 1.18 bits per heavy atom. The van der Waals surface area contributed by atoms with Crippen LogP contribution in [-0.2, 0) is 16.1 Å². The fourth-order valence-electron chi connectivity index (χ4n) is 2.32. The average molecular weight is 382 g/mol. The van der Waals surface area contributed by atoms with Gasteiger partial charge in [0.25, 0.3) is 12.4 Å². The molecule has 9 nitrogen and oxygen atoms in total. The molecule has 2 aromatic heterocycles. The molecule has 144 valence electrons. The Kier molecular flexibility index (Phi) is 7.41. The maximum absolute atomic E-state index is 12.4. The molecule has 0 saturated carbocycles. The Morgan fingerprint density at radius 2 is 1.96 bits per heavy atom. The summed E-state index contributed by atoms with van der Waals surface area (Å²) in [5, 5.41) is 13.7. The van der Waals surface area contributed by atoms with Gasteiger partial charge in [-0.05, 0) is 35.9 Å². The molecule has 0 radical (unpaired) electrons. The lowest BCUT2D eigenvalue weighted by atomic mass is 10.1. The van der Waals surface area contributed by atoms with Gasteiger partial charge in [-0.3, -0.25) is 14.3 Å². The van der Waals surface area contributed by atoms with Gasteiger partial charge >= 0.3 is 5.97 Å². The first-order chi connectivity index (χ1) is 13.6. The summed E-state index contributed by atoms with van der Waals surface area (Å²) < 4.78 is 6.44. The zero-order chi connectivity index (χ0) is 20.4. The van der Waals surface area contributed by atoms with Crippen molar-refractivity contribution in [2.24, 2.45) is 0 Å². The summed E-state index contributed by atoms with van der Waals surface area (Å²) in [4.78, 5) is 36.4. The second kappa shape index (κ2) is 10.2. The highest BCUT2D eigenvalue weighted by Gasteiger charge is 2.11. The van der Waals surface area contributed by atoms with Crippen molar-refractivity contribution in [3.05, 3.63) is 77.7 Å². The van der Waals surface area contributed by atoms with Crippen molar-refractivity contribution in [3.63, 3.8) is 0 Å². The summed E-state index contributed by atoms with van der Waals surface area (Å²) in [7, 11) is 1.30. The van der Waals surface area contributed by atoms with Crippen molar-refractivity contribution in [2.45, 2.75) is 6.54 Å². The molecule has 0 bridgehead atoms. The Bertz CT molecular complexity index is 941. The van der Waals surface area contributed by atoms with Crippen molar-refractivity contribution in [3.8, 4) is 0 Å². The van der Waals surface area contributed by atoms with Gasteiger partial charge in [-0.15, -0.1) is 0 Å². The number of esters is 1. The number of anilines is 1. The first kappa shape index (κ1) is 20.3. The van der Waals surface area contributed by atoms with Crippen LogP contribution in [0.1, 0.15) is 26.3 Å². The highest BCUT2D eigenvalue weighted by atomic mass is 16.5. The second-order valence-corrected chi connectivity index (χ2v) is 5.38. The van der Waals surface area contributed by atoms with Gasteiger partial charge in [0.05, 0.1) is 19.2 Å². The van der Waals surface area contributed by atoms with Crippen LogP contribution in [0, 0.1) is 0 Å². The quantitative estimate of drug-likeness (QED) is 0.511.